The highest BCUT2D eigenvalue weighted by Crippen LogP contribution is 2.43. The van der Waals surface area contributed by atoms with Crippen LogP contribution in [0.2, 0.25) is 0 Å². The first kappa shape index (κ1) is 26.9. The van der Waals surface area contributed by atoms with Crippen molar-refractivity contribution >= 4 is 27.5 Å². The first-order valence-corrected chi connectivity index (χ1v) is 12.6. The van der Waals surface area contributed by atoms with E-state index in [0.717, 1.165) is 40.7 Å². The Hall–Kier alpha value is -3.10. The molecular formula is C23H25F4N3O6S. The smallest absolute Gasteiger partial charge is 0.412 e. The zero-order valence-corrected chi connectivity index (χ0v) is 20.6. The summed E-state index contributed by atoms with van der Waals surface area (Å²) >= 11 is 0. The van der Waals surface area contributed by atoms with E-state index < -0.39 is 51.5 Å². The fraction of sp³-hybridized carbons (Fsp3) is 0.435. The van der Waals surface area contributed by atoms with E-state index in [-0.39, 0.29) is 34.3 Å². The maximum absolute atomic E-state index is 13.7. The molecule has 4 rings (SSSR count). The number of hydrogen-bond acceptors (Lipinski definition) is 6. The Balaban J connectivity index is 1.79. The van der Waals surface area contributed by atoms with E-state index in [1.165, 1.54) is 6.07 Å². The number of rotatable bonds is 6. The van der Waals surface area contributed by atoms with Crippen molar-refractivity contribution in [2.45, 2.75) is 42.7 Å². The second-order valence-electron chi connectivity index (χ2n) is 9.43. The number of hydrogen-bond donors (Lipinski definition) is 2. The highest BCUT2D eigenvalue weighted by molar-refractivity contribution is 7.92. The summed E-state index contributed by atoms with van der Waals surface area (Å²) in [7, 11) is -4.36. The number of amides is 1. The summed E-state index contributed by atoms with van der Waals surface area (Å²) in [5.74, 6) is -0.647. The Kier molecular flexibility index (Phi) is 6.80. The number of aliphatic hydroxyl groups excluding tert-OH is 1. The molecule has 0 radical (unpaired) electrons. The van der Waals surface area contributed by atoms with Crippen LogP contribution in [0.1, 0.15) is 13.8 Å². The molecule has 9 nitrogen and oxygen atoms in total. The number of ether oxygens (including phenoxy) is 1. The molecule has 1 amide bonds. The number of benzene rings is 2. The lowest BCUT2D eigenvalue weighted by atomic mass is 10.0. The Morgan fingerprint density at radius 1 is 1.11 bits per heavy atom. The minimum absolute atomic E-state index is 0.0157. The van der Waals surface area contributed by atoms with Crippen LogP contribution in [-0.2, 0) is 10.0 Å². The van der Waals surface area contributed by atoms with Gasteiger partial charge < -0.3 is 14.9 Å². The third kappa shape index (κ3) is 5.05. The SMILES string of the molecule is CC(C)(N(C(=O)O)c1ccc2c(c1)N(S(=O)(=O)c1ccc(F)cc1)CC(CN1CC(O)C1)O2)C(F)(F)F. The third-order valence-corrected chi connectivity index (χ3v) is 8.17. The van der Waals surface area contributed by atoms with Crippen molar-refractivity contribution in [2.24, 2.45) is 0 Å². The molecule has 1 unspecified atom stereocenters. The number of fused-ring (bicyclic) bond motifs is 1. The van der Waals surface area contributed by atoms with Crippen molar-refractivity contribution in [1.82, 2.24) is 4.90 Å². The third-order valence-electron chi connectivity index (χ3n) is 6.38. The minimum Gasteiger partial charge on any atom is -0.485 e. The second kappa shape index (κ2) is 9.33. The first-order valence-electron chi connectivity index (χ1n) is 11.2. The Morgan fingerprint density at radius 2 is 1.73 bits per heavy atom. The van der Waals surface area contributed by atoms with Gasteiger partial charge in [0.25, 0.3) is 10.0 Å². The van der Waals surface area contributed by atoms with Crippen LogP contribution in [0.3, 0.4) is 0 Å². The number of sulfonamides is 1. The van der Waals surface area contributed by atoms with Crippen LogP contribution in [-0.4, -0.2) is 79.7 Å². The fourth-order valence-electron chi connectivity index (χ4n) is 4.27. The molecule has 2 aliphatic rings. The van der Waals surface area contributed by atoms with Crippen LogP contribution in [0, 0.1) is 5.82 Å². The highest BCUT2D eigenvalue weighted by Gasteiger charge is 2.54. The molecule has 2 N–H and O–H groups in total. The average Bonchev–Trinajstić information content (AvgIpc) is 2.77. The molecule has 0 bridgehead atoms. The van der Waals surface area contributed by atoms with Crippen molar-refractivity contribution < 1.29 is 45.7 Å². The largest absolute Gasteiger partial charge is 0.485 e. The van der Waals surface area contributed by atoms with Crippen molar-refractivity contribution in [3.63, 3.8) is 0 Å². The van der Waals surface area contributed by atoms with Crippen molar-refractivity contribution in [2.75, 3.05) is 35.4 Å². The molecule has 2 aromatic carbocycles. The summed E-state index contributed by atoms with van der Waals surface area (Å²) in [6.07, 6.45) is -8.04. The lowest BCUT2D eigenvalue weighted by molar-refractivity contribution is -0.175. The number of halogens is 4. The Morgan fingerprint density at radius 3 is 2.27 bits per heavy atom. The summed E-state index contributed by atoms with van der Waals surface area (Å²) in [6, 6.07) is 7.38. The maximum atomic E-state index is 13.7. The van der Waals surface area contributed by atoms with Crippen molar-refractivity contribution in [3.8, 4) is 5.75 Å². The van der Waals surface area contributed by atoms with E-state index in [0.29, 0.717) is 26.9 Å². The van der Waals surface area contributed by atoms with Gasteiger partial charge in [0.15, 0.2) is 0 Å². The van der Waals surface area contributed by atoms with E-state index in [9.17, 15) is 41.0 Å². The van der Waals surface area contributed by atoms with E-state index in [2.05, 4.69) is 0 Å². The second-order valence-corrected chi connectivity index (χ2v) is 11.3. The molecule has 1 atom stereocenters. The van der Waals surface area contributed by atoms with E-state index in [1.54, 1.807) is 0 Å². The summed E-state index contributed by atoms with van der Waals surface area (Å²) < 4.78 is 88.7. The Labute approximate surface area is 210 Å². The average molecular weight is 548 g/mol. The molecule has 1 saturated heterocycles. The van der Waals surface area contributed by atoms with Gasteiger partial charge in [-0.3, -0.25) is 14.1 Å². The minimum atomic E-state index is -4.94. The molecule has 1 fully saturated rings. The molecule has 202 valence electrons. The number of nitrogens with zero attached hydrogens (tertiary/aromatic N) is 3. The van der Waals surface area contributed by atoms with E-state index in [4.69, 9.17) is 4.74 Å². The van der Waals surface area contributed by atoms with Gasteiger partial charge in [0.2, 0.25) is 0 Å². The molecule has 0 spiro atoms. The molecule has 0 aromatic heterocycles. The van der Waals surface area contributed by atoms with E-state index in [1.807, 2.05) is 4.90 Å². The molecule has 0 aliphatic carbocycles. The van der Waals surface area contributed by atoms with Gasteiger partial charge in [-0.05, 0) is 56.3 Å². The predicted octanol–water partition coefficient (Wildman–Crippen LogP) is 3.28. The first-order chi connectivity index (χ1) is 17.1. The topological polar surface area (TPSA) is 111 Å². The summed E-state index contributed by atoms with van der Waals surface area (Å²) in [5.41, 5.74) is -3.42. The van der Waals surface area contributed by atoms with Crippen LogP contribution in [0.4, 0.5) is 33.7 Å². The van der Waals surface area contributed by atoms with Gasteiger partial charge in [0.1, 0.15) is 23.2 Å². The van der Waals surface area contributed by atoms with Crippen LogP contribution in [0.15, 0.2) is 47.4 Å². The molecule has 0 saturated carbocycles. The van der Waals surface area contributed by atoms with Gasteiger partial charge in [-0.25, -0.2) is 17.6 Å². The van der Waals surface area contributed by atoms with Crippen LogP contribution in [0.25, 0.3) is 0 Å². The zero-order valence-electron chi connectivity index (χ0n) is 19.8. The van der Waals surface area contributed by atoms with Gasteiger partial charge in [0, 0.05) is 19.6 Å². The lowest BCUT2D eigenvalue weighted by Crippen LogP contribution is -2.57. The van der Waals surface area contributed by atoms with Crippen LogP contribution >= 0.6 is 0 Å². The van der Waals surface area contributed by atoms with Gasteiger partial charge in [-0.15, -0.1) is 0 Å². The lowest BCUT2D eigenvalue weighted by Gasteiger charge is -2.42. The summed E-state index contributed by atoms with van der Waals surface area (Å²) in [5, 5.41) is 19.2. The van der Waals surface area contributed by atoms with Crippen LogP contribution in [0.5, 0.6) is 5.75 Å². The summed E-state index contributed by atoms with van der Waals surface area (Å²) in [6.45, 7) is 2.14. The predicted molar refractivity (Wildman–Crippen MR) is 125 cm³/mol. The highest BCUT2D eigenvalue weighted by atomic mass is 32.2. The number of likely N-dealkylation sites (tertiary alicyclic amines) is 1. The standard InChI is InChI=1S/C23H25F4N3O6S/c1-22(2,23(25,26)27)30(21(32)33)15-5-8-20-19(9-15)29(13-17(36-20)12-28-10-16(31)11-28)37(34,35)18-6-3-14(24)4-7-18/h3-9,16-17,31H,10-13H2,1-2H3,(H,32,33). The molecule has 2 aliphatic heterocycles. The van der Waals surface area contributed by atoms with Crippen LogP contribution < -0.4 is 13.9 Å². The fourth-order valence-corrected chi connectivity index (χ4v) is 5.77. The van der Waals surface area contributed by atoms with Gasteiger partial charge in [-0.1, -0.05) is 0 Å². The number of β-amino-alcohol motifs (C(OH)–C–C–N with tert-alkyl or cyclic N) is 1. The number of aliphatic hydroxyl groups is 1. The molecule has 14 heteroatoms. The van der Waals surface area contributed by atoms with Gasteiger partial charge in [0.05, 0.1) is 28.9 Å². The van der Waals surface area contributed by atoms with E-state index >= 15 is 0 Å². The molecular weight excluding hydrogens is 522 g/mol. The van der Waals surface area contributed by atoms with Gasteiger partial charge >= 0.3 is 12.3 Å². The van der Waals surface area contributed by atoms with Crippen molar-refractivity contribution in [1.29, 1.82) is 0 Å². The molecule has 2 heterocycles. The Bertz CT molecular complexity index is 1280. The zero-order chi connectivity index (χ0) is 27.3. The van der Waals surface area contributed by atoms with Gasteiger partial charge in [-0.2, -0.15) is 13.2 Å². The molecule has 37 heavy (non-hydrogen) atoms. The number of alkyl halides is 3. The molecule has 2 aromatic rings. The quantitative estimate of drug-likeness (QED) is 0.534. The normalized spacial score (nSPS) is 19.1. The number of carboxylic acid groups (broad SMARTS) is 1. The monoisotopic (exact) mass is 547 g/mol. The maximum Gasteiger partial charge on any atom is 0.412 e. The summed E-state index contributed by atoms with van der Waals surface area (Å²) in [4.78, 5) is 13.6. The number of anilines is 2. The van der Waals surface area contributed by atoms with Crippen molar-refractivity contribution in [3.05, 3.63) is 48.3 Å². The number of carbonyl (C=O) groups is 1.